The van der Waals surface area contributed by atoms with Crippen LogP contribution >= 0.6 is 19.2 Å². The Kier molecular flexibility index (Phi) is 21.0. The maximum atomic E-state index is 12.1. The minimum atomic E-state index is -4.07. The average molecular weight is 566 g/mol. The van der Waals surface area contributed by atoms with Crippen LogP contribution in [0.3, 0.4) is 0 Å². The molecule has 1 fully saturated rings. The molecule has 1 saturated heterocycles. The van der Waals surface area contributed by atoms with Gasteiger partial charge in [0, 0.05) is 6.42 Å². The predicted molar refractivity (Wildman–Crippen MR) is 147 cm³/mol. The van der Waals surface area contributed by atoms with Crippen LogP contribution in [0.1, 0.15) is 116 Å². The van der Waals surface area contributed by atoms with E-state index in [1.165, 1.54) is 89.9 Å². The smallest absolute Gasteiger partial charge is 0.472 e. The summed E-state index contributed by atoms with van der Waals surface area (Å²) >= 11 is 1.61. The van der Waals surface area contributed by atoms with E-state index in [4.69, 9.17) is 18.5 Å². The van der Waals surface area contributed by atoms with Crippen molar-refractivity contribution < 1.29 is 38.0 Å². The fourth-order valence-electron chi connectivity index (χ4n) is 4.46. The van der Waals surface area contributed by atoms with E-state index in [1.54, 1.807) is 11.3 Å². The molecule has 0 amide bonds. The molecule has 0 saturated carbocycles. The van der Waals surface area contributed by atoms with Crippen molar-refractivity contribution in [1.82, 2.24) is 0 Å². The molecule has 0 bridgehead atoms. The molecule has 2 heterocycles. The summed E-state index contributed by atoms with van der Waals surface area (Å²) in [6, 6.07) is 0. The quantitative estimate of drug-likeness (QED) is 0.0791. The number of aromatic nitrogens is 1. The van der Waals surface area contributed by atoms with Crippen LogP contribution in [0.5, 0.6) is 0 Å². The number of hydrogen-bond donors (Lipinski definition) is 1. The Morgan fingerprint density at radius 1 is 0.919 bits per heavy atom. The largest absolute Gasteiger partial charge is 0.870 e. The Morgan fingerprint density at radius 2 is 1.51 bits per heavy atom. The van der Waals surface area contributed by atoms with Crippen LogP contribution in [0.2, 0.25) is 0 Å². The summed E-state index contributed by atoms with van der Waals surface area (Å²) in [5.74, 6) is 0. The second-order valence-electron chi connectivity index (χ2n) is 9.97. The highest BCUT2D eigenvalue weighted by atomic mass is 32.1. The van der Waals surface area contributed by atoms with Gasteiger partial charge in [0.1, 0.15) is 6.10 Å². The Morgan fingerprint density at radius 3 is 2.08 bits per heavy atom. The monoisotopic (exact) mass is 565 g/mol. The van der Waals surface area contributed by atoms with Crippen molar-refractivity contribution in [3.05, 3.63) is 17.1 Å². The third-order valence-corrected chi connectivity index (χ3v) is 8.28. The molecule has 2 rings (SSSR count). The zero-order valence-electron chi connectivity index (χ0n) is 23.0. The predicted octanol–water partition coefficient (Wildman–Crippen LogP) is 7.39. The number of aryl methyl sites for hydroxylation is 1. The van der Waals surface area contributed by atoms with Crippen LogP contribution in [-0.4, -0.2) is 42.6 Å². The molecule has 10 heteroatoms. The molecule has 8 nitrogen and oxygen atoms in total. The molecule has 2 N–H and O–H groups in total. The molecule has 37 heavy (non-hydrogen) atoms. The first-order chi connectivity index (χ1) is 17.6. The highest BCUT2D eigenvalue weighted by Crippen LogP contribution is 2.43. The topological polar surface area (TPSA) is 108 Å². The fourth-order valence-corrected chi connectivity index (χ4v) is 5.88. The summed E-state index contributed by atoms with van der Waals surface area (Å²) in [7, 11) is -4.07. The van der Waals surface area contributed by atoms with E-state index in [1.807, 2.05) is 21.7 Å². The van der Waals surface area contributed by atoms with E-state index in [0.717, 1.165) is 19.4 Å². The minimum absolute atomic E-state index is 0. The fraction of sp³-hybridized carbons (Fsp3) is 0.889. The molecule has 3 atom stereocenters. The second-order valence-corrected chi connectivity index (χ2v) is 12.2. The van der Waals surface area contributed by atoms with E-state index in [0.29, 0.717) is 13.0 Å². The first kappa shape index (κ1) is 34.6. The molecular weight excluding hydrogens is 513 g/mol. The van der Waals surface area contributed by atoms with E-state index in [9.17, 15) is 9.46 Å². The summed E-state index contributed by atoms with van der Waals surface area (Å²) < 4.78 is 35.7. The Bertz CT molecular complexity index is 680. The van der Waals surface area contributed by atoms with Crippen LogP contribution in [0.25, 0.3) is 0 Å². The van der Waals surface area contributed by atoms with E-state index in [2.05, 4.69) is 6.92 Å². The molecular formula is C27H52NO7PS. The number of nitrogens with zero attached hydrogens (tertiary/aromatic N) is 1. The van der Waals surface area contributed by atoms with Crippen LogP contribution in [0.4, 0.5) is 0 Å². The van der Waals surface area contributed by atoms with Crippen molar-refractivity contribution in [2.24, 2.45) is 0 Å². The van der Waals surface area contributed by atoms with Crippen LogP contribution in [0, 0.1) is 0 Å². The summed E-state index contributed by atoms with van der Waals surface area (Å²) in [6.45, 7) is 3.57. The van der Waals surface area contributed by atoms with Gasteiger partial charge in [0.15, 0.2) is 19.0 Å². The van der Waals surface area contributed by atoms with Gasteiger partial charge in [0.2, 0.25) is 5.51 Å². The van der Waals surface area contributed by atoms with Gasteiger partial charge in [-0.15, -0.1) is 0 Å². The maximum absolute atomic E-state index is 12.1. The van der Waals surface area contributed by atoms with Crippen LogP contribution < -0.4 is 4.57 Å². The van der Waals surface area contributed by atoms with Crippen molar-refractivity contribution in [2.75, 3.05) is 19.8 Å². The molecule has 0 aromatic carbocycles. The number of phosphoric ester groups is 1. The molecule has 1 aliphatic rings. The van der Waals surface area contributed by atoms with Gasteiger partial charge < -0.3 is 19.8 Å². The lowest BCUT2D eigenvalue weighted by atomic mass is 10.0. The van der Waals surface area contributed by atoms with Crippen LogP contribution in [-0.2, 0) is 29.6 Å². The SMILES string of the molecule is CCCCCCCCCCCCCCCCC[C@H]1OC[C@H](COP(=O)(O)OCCC[n+]2ccsc2)O1.[OH-]. The van der Waals surface area contributed by atoms with E-state index >= 15 is 0 Å². The normalized spacial score (nSPS) is 19.1. The molecule has 1 aromatic heterocycles. The van der Waals surface area contributed by atoms with Gasteiger partial charge in [-0.25, -0.2) is 4.57 Å². The van der Waals surface area contributed by atoms with Gasteiger partial charge in [0.05, 0.1) is 25.2 Å². The summed E-state index contributed by atoms with van der Waals surface area (Å²) in [6.07, 6.45) is 23.1. The standard InChI is InChI=1S/C27H50NO6PS.H2O/c1-2-3-4-5-6-7-8-9-10-11-12-13-14-15-16-18-27-31-23-26(34-27)24-33-35(29,30)32-21-17-19-28-20-22-36-25-28;/h20,22,25-27H,2-19,21,23-24H2,1H3;1H2/t26-,27+;/m1./s1. The third kappa shape index (κ3) is 18.5. The first-order valence-electron chi connectivity index (χ1n) is 14.4. The first-order valence-corrected chi connectivity index (χ1v) is 16.8. The molecule has 1 unspecified atom stereocenters. The number of ether oxygens (including phenoxy) is 2. The number of rotatable bonds is 24. The highest BCUT2D eigenvalue weighted by Gasteiger charge is 2.29. The van der Waals surface area contributed by atoms with Gasteiger partial charge in [-0.1, -0.05) is 108 Å². The maximum Gasteiger partial charge on any atom is 0.472 e. The zero-order chi connectivity index (χ0) is 25.7. The van der Waals surface area contributed by atoms with Gasteiger partial charge >= 0.3 is 7.82 Å². The van der Waals surface area contributed by atoms with Gasteiger partial charge in [-0.3, -0.25) is 9.05 Å². The Labute approximate surface area is 229 Å². The van der Waals surface area contributed by atoms with Gasteiger partial charge in [-0.2, -0.15) is 4.57 Å². The van der Waals surface area contributed by atoms with Crippen molar-refractivity contribution in [1.29, 1.82) is 0 Å². The molecule has 0 spiro atoms. The highest BCUT2D eigenvalue weighted by molar-refractivity contribution is 7.47. The van der Waals surface area contributed by atoms with Crippen molar-refractivity contribution in [2.45, 2.75) is 135 Å². The van der Waals surface area contributed by atoms with Crippen molar-refractivity contribution >= 4 is 19.2 Å². The summed E-state index contributed by atoms with van der Waals surface area (Å²) in [5.41, 5.74) is 1.99. The average Bonchev–Trinajstić information content (AvgIpc) is 3.55. The van der Waals surface area contributed by atoms with Crippen LogP contribution in [0.15, 0.2) is 17.1 Å². The van der Waals surface area contributed by atoms with Gasteiger partial charge in [-0.05, 0) is 12.8 Å². The van der Waals surface area contributed by atoms with Gasteiger partial charge in [0.25, 0.3) is 0 Å². The summed E-state index contributed by atoms with van der Waals surface area (Å²) in [5, 5.41) is 1.98. The Hall–Kier alpha value is -0.380. The zero-order valence-corrected chi connectivity index (χ0v) is 24.7. The second kappa shape index (κ2) is 22.4. The number of unbranched alkanes of at least 4 members (excludes halogenated alkanes) is 14. The van der Waals surface area contributed by atoms with E-state index < -0.39 is 7.82 Å². The lowest BCUT2D eigenvalue weighted by molar-refractivity contribution is -0.692. The Balaban J connectivity index is 0.00000684. The lowest BCUT2D eigenvalue weighted by Crippen LogP contribution is -2.30. The van der Waals surface area contributed by atoms with E-state index in [-0.39, 0.29) is 31.1 Å². The third-order valence-electron chi connectivity index (χ3n) is 6.62. The minimum Gasteiger partial charge on any atom is -0.870 e. The molecule has 218 valence electrons. The number of hydrogen-bond acceptors (Lipinski definition) is 7. The lowest BCUT2D eigenvalue weighted by Gasteiger charge is -2.15. The molecule has 1 aromatic rings. The summed E-state index contributed by atoms with van der Waals surface area (Å²) in [4.78, 5) is 9.86. The number of phosphoric acid groups is 1. The molecule has 1 aliphatic heterocycles. The molecule has 0 radical (unpaired) electrons. The molecule has 0 aliphatic carbocycles. The van der Waals surface area contributed by atoms with Crippen molar-refractivity contribution in [3.63, 3.8) is 0 Å². The van der Waals surface area contributed by atoms with Crippen molar-refractivity contribution in [3.8, 4) is 0 Å². The number of thiazole rings is 1.